The van der Waals surface area contributed by atoms with E-state index in [-0.39, 0.29) is 16.2 Å². The van der Waals surface area contributed by atoms with Gasteiger partial charge >= 0.3 is 0 Å². The molecule has 3 nitrogen and oxygen atoms in total. The minimum absolute atomic E-state index is 0.192. The number of phenols is 1. The van der Waals surface area contributed by atoms with Crippen molar-refractivity contribution in [2.75, 3.05) is 13.1 Å². The van der Waals surface area contributed by atoms with Crippen LogP contribution in [0.5, 0.6) is 5.75 Å². The molecule has 3 heteroatoms. The number of piperidine rings is 1. The van der Waals surface area contributed by atoms with Crippen molar-refractivity contribution in [1.82, 2.24) is 4.90 Å². The van der Waals surface area contributed by atoms with Gasteiger partial charge in [-0.05, 0) is 67.3 Å². The van der Waals surface area contributed by atoms with Crippen LogP contribution in [0.4, 0.5) is 0 Å². The third-order valence-electron chi connectivity index (χ3n) is 8.27. The summed E-state index contributed by atoms with van der Waals surface area (Å²) in [6.07, 6.45) is 5.35. The summed E-state index contributed by atoms with van der Waals surface area (Å²) in [6, 6.07) is 6.60. The largest absolute Gasteiger partial charge is 0.508 e. The summed E-state index contributed by atoms with van der Waals surface area (Å²) in [5.41, 5.74) is 3.17. The van der Waals surface area contributed by atoms with Gasteiger partial charge in [0, 0.05) is 23.4 Å². The molecule has 2 N–H and O–H groups in total. The molecule has 1 aliphatic heterocycles. The third kappa shape index (κ3) is 1.52. The monoisotopic (exact) mass is 327 g/mol. The van der Waals surface area contributed by atoms with Crippen LogP contribution in [0.1, 0.15) is 57.6 Å². The quantitative estimate of drug-likeness (QED) is 0.896. The molecule has 0 amide bonds. The van der Waals surface area contributed by atoms with Gasteiger partial charge in [-0.3, -0.25) is 4.90 Å². The molecule has 0 radical (unpaired) electrons. The lowest BCUT2D eigenvalue weighted by atomic mass is 9.64. The fraction of sp³-hybridized carbons (Fsp3) is 0.714. The zero-order chi connectivity index (χ0) is 17.0. The lowest BCUT2D eigenvalue weighted by Gasteiger charge is -2.45. The highest BCUT2D eigenvalue weighted by molar-refractivity contribution is 5.54. The molecule has 0 bridgehead atoms. The highest BCUT2D eigenvalue weighted by Gasteiger charge is 2.83. The molecule has 3 aliphatic carbocycles. The molecule has 1 aromatic carbocycles. The van der Waals surface area contributed by atoms with E-state index < -0.39 is 5.60 Å². The molecule has 0 aromatic heterocycles. The Morgan fingerprint density at radius 3 is 2.62 bits per heavy atom. The first-order chi connectivity index (χ1) is 11.3. The van der Waals surface area contributed by atoms with E-state index in [2.05, 4.69) is 31.7 Å². The summed E-state index contributed by atoms with van der Waals surface area (Å²) >= 11 is 0. The number of β-amino-alcohol motifs (C(OH)–C–C–N with tert-alkyl or cyclic N) is 1. The van der Waals surface area contributed by atoms with Crippen LogP contribution >= 0.6 is 0 Å². The first-order valence-electron chi connectivity index (χ1n) is 9.59. The number of rotatable bonds is 3. The molecule has 4 aliphatic rings. The van der Waals surface area contributed by atoms with Crippen molar-refractivity contribution in [3.8, 4) is 5.75 Å². The van der Waals surface area contributed by atoms with Crippen molar-refractivity contribution in [1.29, 1.82) is 0 Å². The van der Waals surface area contributed by atoms with Gasteiger partial charge in [0.15, 0.2) is 0 Å². The van der Waals surface area contributed by atoms with Crippen LogP contribution in [0.3, 0.4) is 0 Å². The smallest absolute Gasteiger partial charge is 0.115 e. The molecule has 1 heterocycles. The lowest BCUT2D eigenvalue weighted by Crippen LogP contribution is -2.50. The van der Waals surface area contributed by atoms with E-state index in [0.29, 0.717) is 11.8 Å². The van der Waals surface area contributed by atoms with E-state index in [9.17, 15) is 10.2 Å². The first kappa shape index (κ1) is 15.2. The van der Waals surface area contributed by atoms with Gasteiger partial charge in [-0.1, -0.05) is 26.8 Å². The van der Waals surface area contributed by atoms with Crippen LogP contribution < -0.4 is 0 Å². The molecule has 1 aromatic rings. The number of benzene rings is 1. The maximum atomic E-state index is 10.5. The summed E-state index contributed by atoms with van der Waals surface area (Å²) in [6.45, 7) is 9.12. The van der Waals surface area contributed by atoms with Gasteiger partial charge in [0.1, 0.15) is 5.75 Å². The van der Waals surface area contributed by atoms with E-state index in [1.54, 1.807) is 0 Å². The van der Waals surface area contributed by atoms with E-state index in [1.165, 1.54) is 11.1 Å². The molecule has 24 heavy (non-hydrogen) atoms. The van der Waals surface area contributed by atoms with Crippen LogP contribution in [0.25, 0.3) is 0 Å². The molecule has 1 saturated heterocycles. The zero-order valence-electron chi connectivity index (χ0n) is 15.1. The second-order valence-corrected chi connectivity index (χ2v) is 9.49. The van der Waals surface area contributed by atoms with Gasteiger partial charge in [0.2, 0.25) is 0 Å². The van der Waals surface area contributed by atoms with Crippen LogP contribution in [0, 0.1) is 10.8 Å². The van der Waals surface area contributed by atoms with Gasteiger partial charge < -0.3 is 10.2 Å². The maximum absolute atomic E-state index is 10.5. The minimum atomic E-state index is -0.407. The highest BCUT2D eigenvalue weighted by atomic mass is 16.3. The van der Waals surface area contributed by atoms with Crippen LogP contribution in [0.2, 0.25) is 0 Å². The Balaban J connectivity index is 1.60. The van der Waals surface area contributed by atoms with Gasteiger partial charge in [-0.2, -0.15) is 0 Å². The van der Waals surface area contributed by atoms with Crippen molar-refractivity contribution < 1.29 is 10.2 Å². The average Bonchev–Trinajstić information content (AvgIpc) is 3.33. The number of hydrogen-bond acceptors (Lipinski definition) is 3. The Labute approximate surface area is 144 Å². The van der Waals surface area contributed by atoms with E-state index in [0.717, 1.165) is 45.2 Å². The first-order valence-corrected chi connectivity index (χ1v) is 9.59. The number of aliphatic hydroxyl groups is 1. The molecule has 1 spiro atoms. The number of likely N-dealkylation sites (tertiary alicyclic amines) is 1. The predicted octanol–water partition coefficient (Wildman–Crippen LogP) is 3.22. The second kappa shape index (κ2) is 4.19. The Morgan fingerprint density at radius 2 is 1.96 bits per heavy atom. The van der Waals surface area contributed by atoms with Gasteiger partial charge in [-0.15, -0.1) is 0 Å². The predicted molar refractivity (Wildman–Crippen MR) is 94.2 cm³/mol. The van der Waals surface area contributed by atoms with Crippen molar-refractivity contribution >= 4 is 0 Å². The van der Waals surface area contributed by atoms with Gasteiger partial charge in [0.05, 0.1) is 5.60 Å². The van der Waals surface area contributed by atoms with Crippen LogP contribution in [0.15, 0.2) is 18.2 Å². The Kier molecular flexibility index (Phi) is 2.65. The summed E-state index contributed by atoms with van der Waals surface area (Å²) < 4.78 is 0. The second-order valence-electron chi connectivity index (χ2n) is 9.49. The molecule has 3 unspecified atom stereocenters. The zero-order valence-corrected chi connectivity index (χ0v) is 15.1. The topological polar surface area (TPSA) is 43.7 Å². The summed E-state index contributed by atoms with van der Waals surface area (Å²) in [5, 5.41) is 20.6. The molecule has 130 valence electrons. The van der Waals surface area contributed by atoms with Crippen molar-refractivity contribution in [3.63, 3.8) is 0 Å². The van der Waals surface area contributed by atoms with Crippen molar-refractivity contribution in [2.24, 2.45) is 10.8 Å². The van der Waals surface area contributed by atoms with Gasteiger partial charge in [-0.25, -0.2) is 0 Å². The Bertz CT molecular complexity index is 723. The summed E-state index contributed by atoms with van der Waals surface area (Å²) in [7, 11) is 0. The van der Waals surface area contributed by atoms with Crippen LogP contribution in [-0.2, 0) is 11.8 Å². The fourth-order valence-corrected chi connectivity index (χ4v) is 7.02. The van der Waals surface area contributed by atoms with Crippen molar-refractivity contribution in [3.05, 3.63) is 29.3 Å². The molecule has 2 saturated carbocycles. The fourth-order valence-electron chi connectivity index (χ4n) is 7.02. The Morgan fingerprint density at radius 1 is 1.21 bits per heavy atom. The normalized spacial score (nSPS) is 40.6. The minimum Gasteiger partial charge on any atom is -0.508 e. The molecule has 3 fully saturated rings. The SMILES string of the molecule is CCC12CCN(CC3(O)CC3)C3C(C)(C)C31Cc1ccc(O)cc12. The number of aromatic hydroxyl groups is 1. The summed E-state index contributed by atoms with van der Waals surface area (Å²) in [5.74, 6) is 0.406. The number of nitrogens with zero attached hydrogens (tertiary/aromatic N) is 1. The van der Waals surface area contributed by atoms with E-state index in [4.69, 9.17) is 0 Å². The standard InChI is InChI=1S/C21H29NO2/c1-4-20-9-10-22(13-19(24)7-8-19)17-18(2,3)21(17,20)12-14-5-6-15(23)11-16(14)20/h5-6,11,17,23-24H,4,7-10,12-13H2,1-3H3. The van der Waals surface area contributed by atoms with Crippen LogP contribution in [-0.4, -0.2) is 39.8 Å². The molecule has 5 rings (SSSR count). The lowest BCUT2D eigenvalue weighted by molar-refractivity contribution is 0.0392. The molecular formula is C21H29NO2. The number of fused-ring (bicyclic) bond motifs is 2. The van der Waals surface area contributed by atoms with Gasteiger partial charge in [0.25, 0.3) is 0 Å². The Hall–Kier alpha value is -1.06. The maximum Gasteiger partial charge on any atom is 0.115 e. The number of hydrogen-bond donors (Lipinski definition) is 2. The van der Waals surface area contributed by atoms with E-state index in [1.807, 2.05) is 12.1 Å². The molecule has 3 atom stereocenters. The van der Waals surface area contributed by atoms with Crippen molar-refractivity contribution in [2.45, 2.75) is 69.9 Å². The average molecular weight is 327 g/mol. The third-order valence-corrected chi connectivity index (χ3v) is 8.27. The summed E-state index contributed by atoms with van der Waals surface area (Å²) in [4.78, 5) is 2.60. The molecular weight excluding hydrogens is 298 g/mol. The number of phenolic OH excluding ortho intramolecular Hbond substituents is 1. The van der Waals surface area contributed by atoms with E-state index >= 15 is 0 Å². The highest BCUT2D eigenvalue weighted by Crippen LogP contribution is 2.81.